The third-order valence-electron chi connectivity index (χ3n) is 1.85. The molecular weight excluding hydrogens is 100 g/mol. The van der Waals surface area contributed by atoms with Gasteiger partial charge in [0.1, 0.15) is 0 Å². The normalized spacial score (nSPS) is 28.2. The lowest BCUT2D eigenvalue weighted by atomic mass is 10.1. The van der Waals surface area contributed by atoms with E-state index in [1.54, 1.807) is 0 Å². The standard InChI is InChI=1S/C7H12O/c1-6-3-2-4-7(6)5-8/h3,7-8H,2,4-5H2,1H3/t7-/m0/s1. The minimum atomic E-state index is 0.336. The summed E-state index contributed by atoms with van der Waals surface area (Å²) in [5.74, 6) is 0.481. The van der Waals surface area contributed by atoms with Gasteiger partial charge in [0.25, 0.3) is 0 Å². The van der Waals surface area contributed by atoms with Crippen LogP contribution in [0.15, 0.2) is 11.6 Å². The molecule has 1 nitrogen and oxygen atoms in total. The van der Waals surface area contributed by atoms with E-state index in [1.807, 2.05) is 0 Å². The molecule has 0 radical (unpaired) electrons. The van der Waals surface area contributed by atoms with E-state index in [2.05, 4.69) is 13.0 Å². The van der Waals surface area contributed by atoms with Crippen LogP contribution < -0.4 is 0 Å². The second-order valence-electron chi connectivity index (χ2n) is 2.40. The fourth-order valence-corrected chi connectivity index (χ4v) is 1.14. The predicted octanol–water partition coefficient (Wildman–Crippen LogP) is 1.33. The number of hydrogen-bond acceptors (Lipinski definition) is 1. The molecule has 1 heteroatoms. The molecule has 0 aromatic carbocycles. The Morgan fingerprint density at radius 3 is 2.88 bits per heavy atom. The average molecular weight is 112 g/mol. The summed E-state index contributed by atoms with van der Waals surface area (Å²) in [6.45, 7) is 2.43. The Balaban J connectivity index is 2.46. The third-order valence-corrected chi connectivity index (χ3v) is 1.85. The Morgan fingerprint density at radius 1 is 1.88 bits per heavy atom. The van der Waals surface area contributed by atoms with Crippen LogP contribution in [0.25, 0.3) is 0 Å². The van der Waals surface area contributed by atoms with Crippen molar-refractivity contribution < 1.29 is 5.11 Å². The molecule has 1 aliphatic rings. The molecule has 0 saturated heterocycles. The molecule has 0 aliphatic heterocycles. The summed E-state index contributed by atoms with van der Waals surface area (Å²) in [5.41, 5.74) is 1.37. The van der Waals surface area contributed by atoms with Crippen molar-refractivity contribution in [2.75, 3.05) is 6.61 Å². The first-order valence-corrected chi connectivity index (χ1v) is 3.12. The van der Waals surface area contributed by atoms with Gasteiger partial charge in [-0.05, 0) is 19.8 Å². The Labute approximate surface area is 50.0 Å². The van der Waals surface area contributed by atoms with Crippen LogP contribution in [-0.4, -0.2) is 11.7 Å². The Morgan fingerprint density at radius 2 is 2.62 bits per heavy atom. The lowest BCUT2D eigenvalue weighted by Crippen LogP contribution is -2.01. The first-order chi connectivity index (χ1) is 3.84. The van der Waals surface area contributed by atoms with E-state index in [0.29, 0.717) is 12.5 Å². The largest absolute Gasteiger partial charge is 0.396 e. The van der Waals surface area contributed by atoms with Crippen LogP contribution in [0, 0.1) is 5.92 Å². The summed E-state index contributed by atoms with van der Waals surface area (Å²) in [7, 11) is 0. The zero-order valence-electron chi connectivity index (χ0n) is 5.22. The molecule has 1 N–H and O–H groups in total. The van der Waals surface area contributed by atoms with Crippen molar-refractivity contribution in [3.05, 3.63) is 11.6 Å². The van der Waals surface area contributed by atoms with E-state index in [4.69, 9.17) is 5.11 Å². The van der Waals surface area contributed by atoms with E-state index in [9.17, 15) is 0 Å². The monoisotopic (exact) mass is 112 g/mol. The first kappa shape index (κ1) is 5.83. The van der Waals surface area contributed by atoms with Crippen LogP contribution in [0.5, 0.6) is 0 Å². The molecule has 1 atom stereocenters. The van der Waals surface area contributed by atoms with Crippen molar-refractivity contribution in [1.29, 1.82) is 0 Å². The average Bonchev–Trinajstić information content (AvgIpc) is 2.14. The van der Waals surface area contributed by atoms with Gasteiger partial charge in [-0.3, -0.25) is 0 Å². The highest BCUT2D eigenvalue weighted by Gasteiger charge is 2.12. The molecule has 0 heterocycles. The number of aliphatic hydroxyl groups excluding tert-OH is 1. The van der Waals surface area contributed by atoms with Crippen LogP contribution in [0.4, 0.5) is 0 Å². The molecule has 1 aliphatic carbocycles. The quantitative estimate of drug-likeness (QED) is 0.507. The molecule has 1 rings (SSSR count). The smallest absolute Gasteiger partial charge is 0.0496 e. The lowest BCUT2D eigenvalue weighted by molar-refractivity contribution is 0.246. The summed E-state index contributed by atoms with van der Waals surface area (Å²) in [5, 5.41) is 8.70. The van der Waals surface area contributed by atoms with E-state index in [1.165, 1.54) is 5.57 Å². The van der Waals surface area contributed by atoms with Crippen molar-refractivity contribution in [2.24, 2.45) is 5.92 Å². The molecule has 0 fully saturated rings. The van der Waals surface area contributed by atoms with Gasteiger partial charge in [0.05, 0.1) is 0 Å². The second kappa shape index (κ2) is 2.31. The van der Waals surface area contributed by atoms with Crippen LogP contribution in [-0.2, 0) is 0 Å². The molecule has 0 bridgehead atoms. The van der Waals surface area contributed by atoms with Gasteiger partial charge >= 0.3 is 0 Å². The maximum absolute atomic E-state index is 8.70. The van der Waals surface area contributed by atoms with Crippen LogP contribution in [0.3, 0.4) is 0 Å². The molecular formula is C7H12O. The zero-order valence-corrected chi connectivity index (χ0v) is 5.22. The second-order valence-corrected chi connectivity index (χ2v) is 2.40. The minimum absolute atomic E-state index is 0.336. The van der Waals surface area contributed by atoms with Gasteiger partial charge < -0.3 is 5.11 Å². The van der Waals surface area contributed by atoms with Gasteiger partial charge in [-0.15, -0.1) is 0 Å². The third kappa shape index (κ3) is 0.920. The molecule has 46 valence electrons. The highest BCUT2D eigenvalue weighted by Crippen LogP contribution is 2.23. The van der Waals surface area contributed by atoms with E-state index in [-0.39, 0.29) is 0 Å². The van der Waals surface area contributed by atoms with Gasteiger partial charge in [0.15, 0.2) is 0 Å². The van der Waals surface area contributed by atoms with E-state index in [0.717, 1.165) is 12.8 Å². The molecule has 0 saturated carbocycles. The van der Waals surface area contributed by atoms with Gasteiger partial charge in [-0.1, -0.05) is 11.6 Å². The SMILES string of the molecule is CC1=CCC[C@H]1CO. The number of allylic oxidation sites excluding steroid dienone is 1. The number of aliphatic hydroxyl groups is 1. The fourth-order valence-electron chi connectivity index (χ4n) is 1.14. The Kier molecular flexibility index (Phi) is 1.69. The van der Waals surface area contributed by atoms with Crippen molar-refractivity contribution in [1.82, 2.24) is 0 Å². The van der Waals surface area contributed by atoms with Crippen LogP contribution >= 0.6 is 0 Å². The van der Waals surface area contributed by atoms with Gasteiger partial charge in [0, 0.05) is 12.5 Å². The summed E-state index contributed by atoms with van der Waals surface area (Å²) >= 11 is 0. The molecule has 8 heavy (non-hydrogen) atoms. The highest BCUT2D eigenvalue weighted by atomic mass is 16.3. The van der Waals surface area contributed by atoms with Gasteiger partial charge in [-0.2, -0.15) is 0 Å². The summed E-state index contributed by atoms with van der Waals surface area (Å²) in [6.07, 6.45) is 4.53. The summed E-state index contributed by atoms with van der Waals surface area (Å²) < 4.78 is 0. The van der Waals surface area contributed by atoms with Crippen molar-refractivity contribution >= 4 is 0 Å². The molecule has 0 unspecified atom stereocenters. The minimum Gasteiger partial charge on any atom is -0.396 e. The van der Waals surface area contributed by atoms with E-state index < -0.39 is 0 Å². The fraction of sp³-hybridized carbons (Fsp3) is 0.714. The molecule has 0 aromatic heterocycles. The number of hydrogen-bond donors (Lipinski definition) is 1. The van der Waals surface area contributed by atoms with Gasteiger partial charge in [-0.25, -0.2) is 0 Å². The highest BCUT2D eigenvalue weighted by molar-refractivity contribution is 5.09. The number of rotatable bonds is 1. The van der Waals surface area contributed by atoms with Crippen LogP contribution in [0.1, 0.15) is 19.8 Å². The lowest BCUT2D eigenvalue weighted by Gasteiger charge is -2.04. The maximum atomic E-state index is 8.70. The Hall–Kier alpha value is -0.300. The molecule has 0 aromatic rings. The molecule has 0 spiro atoms. The summed E-state index contributed by atoms with van der Waals surface area (Å²) in [4.78, 5) is 0. The van der Waals surface area contributed by atoms with Gasteiger partial charge in [0.2, 0.25) is 0 Å². The topological polar surface area (TPSA) is 20.2 Å². The van der Waals surface area contributed by atoms with Crippen molar-refractivity contribution in [3.8, 4) is 0 Å². The maximum Gasteiger partial charge on any atom is 0.0496 e. The molecule has 0 amide bonds. The summed E-state index contributed by atoms with van der Waals surface area (Å²) in [6, 6.07) is 0. The van der Waals surface area contributed by atoms with Crippen molar-refractivity contribution in [3.63, 3.8) is 0 Å². The van der Waals surface area contributed by atoms with Crippen LogP contribution in [0.2, 0.25) is 0 Å². The Bertz CT molecular complexity index is 105. The van der Waals surface area contributed by atoms with E-state index >= 15 is 0 Å². The zero-order chi connectivity index (χ0) is 5.98. The first-order valence-electron chi connectivity index (χ1n) is 3.12. The van der Waals surface area contributed by atoms with Crippen molar-refractivity contribution in [2.45, 2.75) is 19.8 Å². The predicted molar refractivity (Wildman–Crippen MR) is 33.6 cm³/mol.